The van der Waals surface area contributed by atoms with Crippen molar-refractivity contribution < 1.29 is 9.47 Å². The average molecular weight is 292 g/mol. The molecule has 0 bridgehead atoms. The molecule has 0 aliphatic carbocycles. The minimum absolute atomic E-state index is 0.677. The number of hydrogen-bond acceptors (Lipinski definition) is 3. The van der Waals surface area contributed by atoms with Crippen molar-refractivity contribution >= 4 is 17.3 Å². The third-order valence-electron chi connectivity index (χ3n) is 3.12. The zero-order chi connectivity index (χ0) is 14.5. The summed E-state index contributed by atoms with van der Waals surface area (Å²) in [5.74, 6) is 1.68. The Morgan fingerprint density at radius 3 is 2.50 bits per heavy atom. The minimum atomic E-state index is 0.677. The number of aryl methyl sites for hydroxylation is 1. The van der Waals surface area contributed by atoms with Crippen LogP contribution in [0.5, 0.6) is 11.5 Å². The lowest BCUT2D eigenvalue weighted by Gasteiger charge is -2.11. The van der Waals surface area contributed by atoms with Crippen LogP contribution in [0.15, 0.2) is 36.4 Å². The minimum Gasteiger partial charge on any atom is -0.497 e. The molecule has 0 atom stereocenters. The molecule has 0 saturated carbocycles. The topological polar surface area (TPSA) is 30.5 Å². The number of rotatable bonds is 5. The van der Waals surface area contributed by atoms with Gasteiger partial charge in [-0.15, -0.1) is 0 Å². The van der Waals surface area contributed by atoms with Crippen molar-refractivity contribution in [2.24, 2.45) is 0 Å². The van der Waals surface area contributed by atoms with Gasteiger partial charge in [0.1, 0.15) is 11.5 Å². The van der Waals surface area contributed by atoms with Crippen LogP contribution in [0.4, 0.5) is 5.69 Å². The van der Waals surface area contributed by atoms with E-state index < -0.39 is 0 Å². The second-order valence-corrected chi connectivity index (χ2v) is 4.91. The Bertz CT molecular complexity index is 599. The van der Waals surface area contributed by atoms with Crippen molar-refractivity contribution in [2.45, 2.75) is 13.5 Å². The summed E-state index contributed by atoms with van der Waals surface area (Å²) in [4.78, 5) is 0. The van der Waals surface area contributed by atoms with Gasteiger partial charge in [-0.3, -0.25) is 0 Å². The summed E-state index contributed by atoms with van der Waals surface area (Å²) in [6, 6.07) is 11.7. The molecule has 4 heteroatoms. The molecule has 106 valence electrons. The van der Waals surface area contributed by atoms with Gasteiger partial charge < -0.3 is 14.8 Å². The Balaban J connectivity index is 2.10. The summed E-state index contributed by atoms with van der Waals surface area (Å²) in [7, 11) is 3.32. The maximum atomic E-state index is 6.16. The summed E-state index contributed by atoms with van der Waals surface area (Å²) in [5, 5.41) is 3.99. The van der Waals surface area contributed by atoms with Gasteiger partial charge in [0.2, 0.25) is 0 Å². The predicted octanol–water partition coefficient (Wildman–Crippen LogP) is 4.28. The summed E-state index contributed by atoms with van der Waals surface area (Å²) in [5.41, 5.74) is 3.14. The molecule has 0 amide bonds. The highest BCUT2D eigenvalue weighted by Gasteiger charge is 2.04. The lowest BCUT2D eigenvalue weighted by atomic mass is 10.1. The Labute approximate surface area is 124 Å². The molecule has 1 N–H and O–H groups in total. The molecule has 2 aromatic carbocycles. The molecule has 20 heavy (non-hydrogen) atoms. The highest BCUT2D eigenvalue weighted by molar-refractivity contribution is 6.33. The Hall–Kier alpha value is -1.87. The fraction of sp³-hybridized carbons (Fsp3) is 0.250. The van der Waals surface area contributed by atoms with E-state index in [2.05, 4.69) is 11.4 Å². The van der Waals surface area contributed by atoms with Crippen LogP contribution >= 0.6 is 11.6 Å². The fourth-order valence-electron chi connectivity index (χ4n) is 2.01. The van der Waals surface area contributed by atoms with E-state index in [-0.39, 0.29) is 0 Å². The summed E-state index contributed by atoms with van der Waals surface area (Å²) in [6.07, 6.45) is 0. The number of methoxy groups -OCH3 is 2. The molecular formula is C16H18ClNO2. The Kier molecular flexibility index (Phi) is 4.74. The molecule has 0 unspecified atom stereocenters. The molecule has 0 radical (unpaired) electrons. The van der Waals surface area contributed by atoms with E-state index in [1.165, 1.54) is 5.56 Å². The number of nitrogens with one attached hydrogen (secondary N) is 1. The highest BCUT2D eigenvalue weighted by atomic mass is 35.5. The van der Waals surface area contributed by atoms with E-state index in [0.29, 0.717) is 11.6 Å². The molecule has 0 fully saturated rings. The van der Waals surface area contributed by atoms with Gasteiger partial charge in [0.05, 0.1) is 24.9 Å². The van der Waals surface area contributed by atoms with Crippen LogP contribution in [0.25, 0.3) is 0 Å². The van der Waals surface area contributed by atoms with Crippen molar-refractivity contribution in [2.75, 3.05) is 19.5 Å². The summed E-state index contributed by atoms with van der Waals surface area (Å²) in [6.45, 7) is 2.72. The molecule has 0 aromatic heterocycles. The molecule has 0 spiro atoms. The third kappa shape index (κ3) is 3.36. The van der Waals surface area contributed by atoms with E-state index in [9.17, 15) is 0 Å². The number of hydrogen-bond donors (Lipinski definition) is 1. The maximum Gasteiger partial charge on any atom is 0.121 e. The van der Waals surface area contributed by atoms with Crippen LogP contribution in [-0.2, 0) is 6.54 Å². The molecule has 3 nitrogen and oxygen atoms in total. The van der Waals surface area contributed by atoms with Crippen LogP contribution in [0.1, 0.15) is 11.1 Å². The van der Waals surface area contributed by atoms with E-state index in [0.717, 1.165) is 22.7 Å². The van der Waals surface area contributed by atoms with Gasteiger partial charge in [0.15, 0.2) is 0 Å². The Morgan fingerprint density at radius 1 is 1.05 bits per heavy atom. The molecule has 0 aliphatic heterocycles. The van der Waals surface area contributed by atoms with Crippen molar-refractivity contribution in [1.82, 2.24) is 0 Å². The number of ether oxygens (including phenoxy) is 2. The van der Waals surface area contributed by atoms with Gasteiger partial charge in [0, 0.05) is 12.6 Å². The fourth-order valence-corrected chi connectivity index (χ4v) is 2.20. The van der Waals surface area contributed by atoms with E-state index >= 15 is 0 Å². The van der Waals surface area contributed by atoms with E-state index in [1.54, 1.807) is 14.2 Å². The maximum absolute atomic E-state index is 6.16. The van der Waals surface area contributed by atoms with Gasteiger partial charge >= 0.3 is 0 Å². The second-order valence-electron chi connectivity index (χ2n) is 4.50. The van der Waals surface area contributed by atoms with Crippen LogP contribution in [-0.4, -0.2) is 14.2 Å². The molecule has 0 saturated heterocycles. The molecule has 2 rings (SSSR count). The highest BCUT2D eigenvalue weighted by Crippen LogP contribution is 2.27. The van der Waals surface area contributed by atoms with Crippen molar-refractivity contribution in [3.63, 3.8) is 0 Å². The summed E-state index contributed by atoms with van der Waals surface area (Å²) >= 11 is 6.16. The molecular weight excluding hydrogens is 274 g/mol. The largest absolute Gasteiger partial charge is 0.497 e. The van der Waals surface area contributed by atoms with Gasteiger partial charge in [-0.25, -0.2) is 0 Å². The first-order valence-corrected chi connectivity index (χ1v) is 6.72. The zero-order valence-electron chi connectivity index (χ0n) is 11.9. The van der Waals surface area contributed by atoms with Crippen LogP contribution in [0.3, 0.4) is 0 Å². The summed E-state index contributed by atoms with van der Waals surface area (Å²) < 4.78 is 10.5. The Morgan fingerprint density at radius 2 is 1.85 bits per heavy atom. The smallest absolute Gasteiger partial charge is 0.121 e. The van der Waals surface area contributed by atoms with Crippen LogP contribution in [0.2, 0.25) is 5.02 Å². The second kappa shape index (κ2) is 6.53. The third-order valence-corrected chi connectivity index (χ3v) is 3.45. The number of benzene rings is 2. The molecule has 2 aromatic rings. The molecule has 0 heterocycles. The lowest BCUT2D eigenvalue weighted by molar-refractivity contribution is 0.411. The van der Waals surface area contributed by atoms with Crippen molar-refractivity contribution in [3.8, 4) is 11.5 Å². The first-order valence-electron chi connectivity index (χ1n) is 6.35. The zero-order valence-corrected chi connectivity index (χ0v) is 12.6. The monoisotopic (exact) mass is 291 g/mol. The lowest BCUT2D eigenvalue weighted by Crippen LogP contribution is -2.01. The first-order chi connectivity index (χ1) is 9.63. The number of anilines is 1. The van der Waals surface area contributed by atoms with Gasteiger partial charge in [-0.05, 0) is 36.2 Å². The standard InChI is InChI=1S/C16H18ClNO2/c1-11-8-12(4-7-16(11)20-3)10-18-15-9-13(19-2)5-6-14(15)17/h4-9,18H,10H2,1-3H3. The van der Waals surface area contributed by atoms with E-state index in [1.807, 2.05) is 37.3 Å². The normalized spacial score (nSPS) is 10.2. The first kappa shape index (κ1) is 14.5. The van der Waals surface area contributed by atoms with Crippen molar-refractivity contribution in [3.05, 3.63) is 52.5 Å². The van der Waals surface area contributed by atoms with E-state index in [4.69, 9.17) is 21.1 Å². The predicted molar refractivity (Wildman–Crippen MR) is 83.1 cm³/mol. The van der Waals surface area contributed by atoms with Crippen LogP contribution < -0.4 is 14.8 Å². The van der Waals surface area contributed by atoms with Crippen molar-refractivity contribution in [1.29, 1.82) is 0 Å². The average Bonchev–Trinajstić information content (AvgIpc) is 2.46. The number of halogens is 1. The van der Waals surface area contributed by atoms with Gasteiger partial charge in [-0.2, -0.15) is 0 Å². The van der Waals surface area contributed by atoms with Crippen LogP contribution in [0, 0.1) is 6.92 Å². The van der Waals surface area contributed by atoms with Gasteiger partial charge in [0.25, 0.3) is 0 Å². The quantitative estimate of drug-likeness (QED) is 0.892. The molecule has 0 aliphatic rings. The van der Waals surface area contributed by atoms with Gasteiger partial charge in [-0.1, -0.05) is 23.7 Å². The SMILES string of the molecule is COc1ccc(Cl)c(NCc2ccc(OC)c(C)c2)c1.